The summed E-state index contributed by atoms with van der Waals surface area (Å²) in [5.74, 6) is 2.04. The average Bonchev–Trinajstić information content (AvgIpc) is 3.21. The average molecular weight is 456 g/mol. The fraction of sp³-hybridized carbons (Fsp3) is 0.310. The summed E-state index contributed by atoms with van der Waals surface area (Å²) < 4.78 is 8.41. The molecule has 0 unspecified atom stereocenters. The van der Waals surface area contributed by atoms with Crippen LogP contribution >= 0.6 is 0 Å². The molecule has 4 rings (SSSR count). The summed E-state index contributed by atoms with van der Waals surface area (Å²) in [6.07, 6.45) is 3.93. The second-order valence-corrected chi connectivity index (χ2v) is 8.72. The van der Waals surface area contributed by atoms with E-state index in [-0.39, 0.29) is 5.91 Å². The molecule has 0 radical (unpaired) electrons. The van der Waals surface area contributed by atoms with Crippen molar-refractivity contribution in [1.82, 2.24) is 14.9 Å². The Labute approximate surface area is 201 Å². The highest BCUT2D eigenvalue weighted by Gasteiger charge is 2.11. The van der Waals surface area contributed by atoms with Crippen LogP contribution in [0.4, 0.5) is 0 Å². The first-order valence-corrected chi connectivity index (χ1v) is 12.1. The maximum Gasteiger partial charge on any atom is 0.251 e. The van der Waals surface area contributed by atoms with Crippen LogP contribution in [-0.4, -0.2) is 28.6 Å². The van der Waals surface area contributed by atoms with Gasteiger partial charge in [-0.15, -0.1) is 0 Å². The van der Waals surface area contributed by atoms with E-state index in [2.05, 4.69) is 60.1 Å². The second kappa shape index (κ2) is 11.5. The first kappa shape index (κ1) is 23.6. The number of amides is 1. The van der Waals surface area contributed by atoms with E-state index in [4.69, 9.17) is 9.72 Å². The summed E-state index contributed by atoms with van der Waals surface area (Å²) in [6, 6.07) is 24.0. The predicted molar refractivity (Wildman–Crippen MR) is 137 cm³/mol. The maximum absolute atomic E-state index is 12.1. The molecule has 1 heterocycles. The highest BCUT2D eigenvalue weighted by atomic mass is 16.5. The van der Waals surface area contributed by atoms with Crippen molar-refractivity contribution in [2.24, 2.45) is 0 Å². The molecule has 0 aliphatic carbocycles. The minimum atomic E-state index is -0.00811. The molecule has 0 atom stereocenters. The number of imidazole rings is 1. The summed E-state index contributed by atoms with van der Waals surface area (Å²) in [7, 11) is 0. The molecular formula is C29H33N3O2. The first-order valence-electron chi connectivity index (χ1n) is 12.1. The van der Waals surface area contributed by atoms with Gasteiger partial charge in [-0.2, -0.15) is 0 Å². The largest absolute Gasteiger partial charge is 0.491 e. The van der Waals surface area contributed by atoms with Gasteiger partial charge in [-0.05, 0) is 68.1 Å². The van der Waals surface area contributed by atoms with E-state index in [0.29, 0.717) is 18.7 Å². The Morgan fingerprint density at radius 3 is 2.59 bits per heavy atom. The third-order valence-electron chi connectivity index (χ3n) is 6.05. The SMILES string of the molecule is Cc1ccc(C)c(OCCn2c(CCCCCNC(=O)c3ccccc3)nc3ccccc32)c1. The van der Waals surface area contributed by atoms with Crippen molar-refractivity contribution < 1.29 is 9.53 Å². The number of aromatic nitrogens is 2. The predicted octanol–water partition coefficient (Wildman–Crippen LogP) is 5.87. The summed E-state index contributed by atoms with van der Waals surface area (Å²) in [4.78, 5) is 17.0. The molecule has 5 nitrogen and oxygen atoms in total. The van der Waals surface area contributed by atoms with Crippen LogP contribution in [0.3, 0.4) is 0 Å². The van der Waals surface area contributed by atoms with Gasteiger partial charge in [-0.1, -0.05) is 48.9 Å². The standard InChI is InChI=1S/C29H33N3O2/c1-22-16-17-23(2)27(21-22)34-20-19-32-26-14-9-8-13-25(26)31-28(32)15-7-4-10-18-30-29(33)24-11-5-3-6-12-24/h3,5-6,8-9,11-14,16-17,21H,4,7,10,15,18-20H2,1-2H3,(H,30,33). The normalized spacial score (nSPS) is 11.0. The lowest BCUT2D eigenvalue weighted by atomic mass is 10.1. The Balaban J connectivity index is 1.29. The van der Waals surface area contributed by atoms with Gasteiger partial charge in [0.05, 0.1) is 17.6 Å². The Morgan fingerprint density at radius 1 is 0.941 bits per heavy atom. The number of hydrogen-bond acceptors (Lipinski definition) is 3. The molecule has 176 valence electrons. The van der Waals surface area contributed by atoms with Crippen molar-refractivity contribution in [2.45, 2.75) is 46.1 Å². The molecule has 0 bridgehead atoms. The van der Waals surface area contributed by atoms with Gasteiger partial charge < -0.3 is 14.6 Å². The number of fused-ring (bicyclic) bond motifs is 1. The fourth-order valence-corrected chi connectivity index (χ4v) is 4.15. The van der Waals surface area contributed by atoms with Gasteiger partial charge in [0, 0.05) is 18.5 Å². The Bertz CT molecular complexity index is 1230. The van der Waals surface area contributed by atoms with E-state index >= 15 is 0 Å². The summed E-state index contributed by atoms with van der Waals surface area (Å²) in [5, 5.41) is 3.01. The van der Waals surface area contributed by atoms with Crippen LogP contribution in [0.15, 0.2) is 72.8 Å². The molecule has 3 aromatic carbocycles. The number of para-hydroxylation sites is 2. The second-order valence-electron chi connectivity index (χ2n) is 8.72. The molecule has 4 aromatic rings. The topological polar surface area (TPSA) is 56.1 Å². The summed E-state index contributed by atoms with van der Waals surface area (Å²) >= 11 is 0. The minimum absolute atomic E-state index is 0.00811. The van der Waals surface area contributed by atoms with Crippen LogP contribution in [0.2, 0.25) is 0 Å². The highest BCUT2D eigenvalue weighted by Crippen LogP contribution is 2.21. The van der Waals surface area contributed by atoms with E-state index in [0.717, 1.165) is 60.4 Å². The zero-order valence-electron chi connectivity index (χ0n) is 20.1. The molecule has 1 amide bonds. The Kier molecular flexibility index (Phi) is 7.97. The Morgan fingerprint density at radius 2 is 1.74 bits per heavy atom. The van der Waals surface area contributed by atoms with Crippen molar-refractivity contribution in [2.75, 3.05) is 13.2 Å². The van der Waals surface area contributed by atoms with Crippen molar-refractivity contribution in [3.8, 4) is 5.75 Å². The molecule has 34 heavy (non-hydrogen) atoms. The van der Waals surface area contributed by atoms with Crippen LogP contribution in [0.5, 0.6) is 5.75 Å². The van der Waals surface area contributed by atoms with E-state index in [1.165, 1.54) is 5.56 Å². The summed E-state index contributed by atoms with van der Waals surface area (Å²) in [5.41, 5.74) is 5.24. The summed E-state index contributed by atoms with van der Waals surface area (Å²) in [6.45, 7) is 6.21. The fourth-order valence-electron chi connectivity index (χ4n) is 4.15. The van der Waals surface area contributed by atoms with Crippen LogP contribution in [0, 0.1) is 13.8 Å². The van der Waals surface area contributed by atoms with Gasteiger partial charge in [-0.25, -0.2) is 4.98 Å². The molecule has 5 heteroatoms. The smallest absolute Gasteiger partial charge is 0.251 e. The van der Waals surface area contributed by atoms with Crippen molar-refractivity contribution in [1.29, 1.82) is 0 Å². The first-order chi connectivity index (χ1) is 16.6. The van der Waals surface area contributed by atoms with E-state index in [1.807, 2.05) is 36.4 Å². The van der Waals surface area contributed by atoms with Gasteiger partial charge in [0.1, 0.15) is 18.2 Å². The molecule has 1 N–H and O–H groups in total. The number of hydrogen-bond donors (Lipinski definition) is 1. The third kappa shape index (κ3) is 6.04. The maximum atomic E-state index is 12.1. The van der Waals surface area contributed by atoms with E-state index in [1.54, 1.807) is 0 Å². The highest BCUT2D eigenvalue weighted by molar-refractivity contribution is 5.94. The van der Waals surface area contributed by atoms with E-state index in [9.17, 15) is 4.79 Å². The van der Waals surface area contributed by atoms with Gasteiger partial charge in [-0.3, -0.25) is 4.79 Å². The number of carbonyl (C=O) groups excluding carboxylic acids is 1. The molecule has 0 spiro atoms. The van der Waals surface area contributed by atoms with Crippen molar-refractivity contribution >= 4 is 16.9 Å². The number of aryl methyl sites for hydroxylation is 3. The van der Waals surface area contributed by atoms with Crippen LogP contribution in [0.25, 0.3) is 11.0 Å². The molecule has 1 aromatic heterocycles. The van der Waals surface area contributed by atoms with Crippen LogP contribution in [-0.2, 0) is 13.0 Å². The number of unbranched alkanes of at least 4 members (excludes halogenated alkanes) is 2. The lowest BCUT2D eigenvalue weighted by Crippen LogP contribution is -2.24. The number of nitrogens with zero attached hydrogens (tertiary/aromatic N) is 2. The number of rotatable bonds is 11. The zero-order valence-corrected chi connectivity index (χ0v) is 20.1. The van der Waals surface area contributed by atoms with Gasteiger partial charge in [0.2, 0.25) is 0 Å². The number of carbonyl (C=O) groups is 1. The van der Waals surface area contributed by atoms with Crippen LogP contribution in [0.1, 0.15) is 46.6 Å². The third-order valence-corrected chi connectivity index (χ3v) is 6.05. The number of ether oxygens (including phenoxy) is 1. The minimum Gasteiger partial charge on any atom is -0.491 e. The molecule has 0 aliphatic rings. The molecule has 0 saturated carbocycles. The van der Waals surface area contributed by atoms with Gasteiger partial charge >= 0.3 is 0 Å². The molecular weight excluding hydrogens is 422 g/mol. The molecule has 0 aliphatic heterocycles. The number of benzene rings is 3. The van der Waals surface area contributed by atoms with E-state index < -0.39 is 0 Å². The lowest BCUT2D eigenvalue weighted by Gasteiger charge is -2.13. The zero-order chi connectivity index (χ0) is 23.8. The molecule has 0 fully saturated rings. The number of nitrogens with one attached hydrogen (secondary N) is 1. The molecule has 0 saturated heterocycles. The van der Waals surface area contributed by atoms with Gasteiger partial charge in [0.25, 0.3) is 5.91 Å². The quantitative estimate of drug-likeness (QED) is 0.288. The van der Waals surface area contributed by atoms with Crippen molar-refractivity contribution in [3.05, 3.63) is 95.3 Å². The monoisotopic (exact) mass is 455 g/mol. The van der Waals surface area contributed by atoms with Crippen molar-refractivity contribution in [3.63, 3.8) is 0 Å². The Hall–Kier alpha value is -3.60. The van der Waals surface area contributed by atoms with Crippen LogP contribution < -0.4 is 10.1 Å². The van der Waals surface area contributed by atoms with Gasteiger partial charge in [0.15, 0.2) is 0 Å². The lowest BCUT2D eigenvalue weighted by molar-refractivity contribution is 0.0953.